The number of primary amides is 2. The molecule has 386 valence electrons. The molecule has 0 saturated carbocycles. The van der Waals surface area contributed by atoms with E-state index in [0.717, 1.165) is 5.69 Å². The highest BCUT2D eigenvalue weighted by Gasteiger charge is 2.24. The van der Waals surface area contributed by atoms with Crippen molar-refractivity contribution in [3.05, 3.63) is 101 Å². The van der Waals surface area contributed by atoms with Crippen molar-refractivity contribution in [2.45, 2.75) is 66.7 Å². The standard InChI is InChI=1S/C49H62N16O8/c1-7-54-37(22-30(3)50)46(70)58-48-56-35-24-33(45(52)69)27-40(73-21-13-15-53-5)43(35)63(48)17-9-10-18-64-42-36(57-49(64)59-47(71)38-23-31(4)60-65(38)8-2)25-32(44(51)68)26-39(42)72-20-12-11-16-62-29-34(28-55-62)61(6)19-14-41(66)67/h9-12,22-29,53H,7-8,13-21,50H2,1-6H3,(H2,51,68)(H2,52,69)(H,66,67)(H,56,58,70)(H,57,59,71)/b10-9+,12-11+,30-22-,54-37?. The Hall–Kier alpha value is -8.80. The molecule has 6 rings (SSSR count). The molecule has 0 radical (unpaired) electrons. The summed E-state index contributed by atoms with van der Waals surface area (Å²) in [6.07, 6.45) is 12.8. The first kappa shape index (κ1) is 53.5. The molecule has 24 nitrogen and oxygen atoms in total. The number of aryl methyl sites for hydroxylation is 2. The molecule has 0 aliphatic carbocycles. The smallest absolute Gasteiger partial charge is 0.305 e. The number of nitrogens with two attached hydrogens (primary N) is 3. The fourth-order valence-corrected chi connectivity index (χ4v) is 7.60. The monoisotopic (exact) mass is 1000 g/mol. The Labute approximate surface area is 420 Å². The van der Waals surface area contributed by atoms with E-state index in [0.29, 0.717) is 84.0 Å². The normalized spacial score (nSPS) is 12.1. The number of nitrogens with one attached hydrogen (secondary N) is 3. The number of fused-ring (bicyclic) bond motifs is 2. The average Bonchev–Trinajstić information content (AvgIpc) is 4.14. The van der Waals surface area contributed by atoms with E-state index < -0.39 is 29.6 Å². The number of amides is 4. The Kier molecular flexibility index (Phi) is 18.2. The number of carboxylic acids is 1. The number of benzene rings is 2. The van der Waals surface area contributed by atoms with Gasteiger partial charge < -0.3 is 51.1 Å². The summed E-state index contributed by atoms with van der Waals surface area (Å²) in [5.41, 5.74) is 21.5. The number of aliphatic imine (C=N–C) groups is 1. The van der Waals surface area contributed by atoms with Crippen LogP contribution in [0, 0.1) is 6.92 Å². The minimum absolute atomic E-state index is 0.0123. The van der Waals surface area contributed by atoms with Crippen LogP contribution in [0.1, 0.15) is 70.5 Å². The lowest BCUT2D eigenvalue weighted by molar-refractivity contribution is -0.136. The first-order chi connectivity index (χ1) is 35.0. The Morgan fingerprint density at radius 2 is 1.47 bits per heavy atom. The predicted molar refractivity (Wildman–Crippen MR) is 277 cm³/mol. The van der Waals surface area contributed by atoms with E-state index >= 15 is 0 Å². The third-order valence-electron chi connectivity index (χ3n) is 11.1. The summed E-state index contributed by atoms with van der Waals surface area (Å²) < 4.78 is 19.3. The van der Waals surface area contributed by atoms with Crippen LogP contribution in [0.4, 0.5) is 17.6 Å². The van der Waals surface area contributed by atoms with Crippen LogP contribution in [0.2, 0.25) is 0 Å². The molecule has 0 atom stereocenters. The summed E-state index contributed by atoms with van der Waals surface area (Å²) in [7, 11) is 3.62. The Morgan fingerprint density at radius 1 is 0.849 bits per heavy atom. The van der Waals surface area contributed by atoms with Gasteiger partial charge in [0.05, 0.1) is 48.2 Å². The molecule has 0 spiro atoms. The van der Waals surface area contributed by atoms with Crippen molar-refractivity contribution in [1.82, 2.24) is 44.0 Å². The molecule has 6 aromatic rings. The molecule has 4 amide bonds. The summed E-state index contributed by atoms with van der Waals surface area (Å²) in [6, 6.07) is 7.75. The number of hydrogen-bond acceptors (Lipinski definition) is 15. The molecule has 0 fully saturated rings. The zero-order valence-electron chi connectivity index (χ0n) is 41.7. The van der Waals surface area contributed by atoms with E-state index in [1.165, 1.54) is 30.3 Å². The summed E-state index contributed by atoms with van der Waals surface area (Å²) in [6.45, 7) is 9.72. The number of carboxylic acid groups (broad SMARTS) is 1. The van der Waals surface area contributed by atoms with Crippen molar-refractivity contribution in [3.8, 4) is 11.5 Å². The summed E-state index contributed by atoms with van der Waals surface area (Å²) in [5, 5.41) is 26.7. The van der Waals surface area contributed by atoms with Gasteiger partial charge in [0.1, 0.15) is 40.5 Å². The lowest BCUT2D eigenvalue weighted by atomic mass is 10.1. The molecule has 0 aliphatic heterocycles. The number of imidazole rings is 2. The van der Waals surface area contributed by atoms with E-state index in [2.05, 4.69) is 31.1 Å². The van der Waals surface area contributed by atoms with Gasteiger partial charge in [0, 0.05) is 62.8 Å². The minimum Gasteiger partial charge on any atom is -0.491 e. The van der Waals surface area contributed by atoms with Crippen molar-refractivity contribution in [1.29, 1.82) is 0 Å². The number of anilines is 3. The summed E-state index contributed by atoms with van der Waals surface area (Å²) in [4.78, 5) is 79.6. The van der Waals surface area contributed by atoms with Crippen LogP contribution in [-0.4, -0.2) is 126 Å². The highest BCUT2D eigenvalue weighted by molar-refractivity contribution is 6.47. The Morgan fingerprint density at radius 3 is 2.04 bits per heavy atom. The second-order valence-electron chi connectivity index (χ2n) is 16.7. The predicted octanol–water partition coefficient (Wildman–Crippen LogP) is 3.61. The zero-order chi connectivity index (χ0) is 52.8. The number of rotatable bonds is 27. The highest BCUT2D eigenvalue weighted by atomic mass is 16.5. The molecule has 73 heavy (non-hydrogen) atoms. The number of ether oxygens (including phenoxy) is 2. The zero-order valence-corrected chi connectivity index (χ0v) is 41.7. The van der Waals surface area contributed by atoms with E-state index in [4.69, 9.17) is 41.7 Å². The number of aromatic nitrogens is 8. The maximum absolute atomic E-state index is 13.9. The van der Waals surface area contributed by atoms with Gasteiger partial charge in [-0.2, -0.15) is 10.2 Å². The lowest BCUT2D eigenvalue weighted by Crippen LogP contribution is -2.24. The van der Waals surface area contributed by atoms with Crippen molar-refractivity contribution in [2.24, 2.45) is 22.2 Å². The van der Waals surface area contributed by atoms with Gasteiger partial charge in [0.15, 0.2) is 0 Å². The topological polar surface area (TPSA) is 325 Å². The number of aliphatic carboxylic acids is 1. The molecule has 4 aromatic heterocycles. The average molecular weight is 1000 g/mol. The van der Waals surface area contributed by atoms with Gasteiger partial charge in [-0.15, -0.1) is 0 Å². The third-order valence-corrected chi connectivity index (χ3v) is 11.1. The molecule has 24 heteroatoms. The van der Waals surface area contributed by atoms with Gasteiger partial charge in [-0.25, -0.2) is 9.97 Å². The molecule has 4 heterocycles. The molecule has 2 aromatic carbocycles. The molecular formula is C49H62N16O8. The molecular weight excluding hydrogens is 941 g/mol. The van der Waals surface area contributed by atoms with Crippen LogP contribution in [0.25, 0.3) is 22.1 Å². The van der Waals surface area contributed by atoms with Gasteiger partial charge in [0.2, 0.25) is 23.7 Å². The van der Waals surface area contributed by atoms with Crippen LogP contribution < -0.4 is 47.5 Å². The largest absolute Gasteiger partial charge is 0.491 e. The number of carbonyl (C=O) groups is 5. The summed E-state index contributed by atoms with van der Waals surface area (Å²) >= 11 is 0. The van der Waals surface area contributed by atoms with Crippen LogP contribution in [0.3, 0.4) is 0 Å². The SMILES string of the molecule is CCN=C(/C=C(/C)N)C(=O)Nc1nc2cc(C(N)=O)cc(OCCCNC)c2n1C/C=C/Cn1c(NC(=O)c2cc(C)nn2CC)nc2cc(C(N)=O)cc(OC/C=C/Cn3cc(N(C)CCC(=O)O)cn3)c21. The Bertz CT molecular complexity index is 3110. The first-order valence-corrected chi connectivity index (χ1v) is 23.5. The second kappa shape index (κ2) is 24.8. The lowest BCUT2D eigenvalue weighted by Gasteiger charge is -2.14. The number of hydrogen-bond donors (Lipinski definition) is 7. The molecule has 10 N–H and O–H groups in total. The first-order valence-electron chi connectivity index (χ1n) is 23.5. The van der Waals surface area contributed by atoms with E-state index in [1.54, 1.807) is 75.8 Å². The van der Waals surface area contributed by atoms with Crippen molar-refractivity contribution >= 4 is 75.0 Å². The van der Waals surface area contributed by atoms with Crippen LogP contribution >= 0.6 is 0 Å². The second-order valence-corrected chi connectivity index (χ2v) is 16.7. The van der Waals surface area contributed by atoms with Crippen LogP contribution in [0.5, 0.6) is 11.5 Å². The van der Waals surface area contributed by atoms with Crippen LogP contribution in [0.15, 0.2) is 83.8 Å². The fourth-order valence-electron chi connectivity index (χ4n) is 7.60. The van der Waals surface area contributed by atoms with Crippen molar-refractivity contribution in [2.75, 3.05) is 62.5 Å². The van der Waals surface area contributed by atoms with Crippen molar-refractivity contribution < 1.29 is 38.6 Å². The highest BCUT2D eigenvalue weighted by Crippen LogP contribution is 2.33. The van der Waals surface area contributed by atoms with E-state index in [9.17, 15) is 24.0 Å². The molecule has 0 aliphatic rings. The number of carbonyl (C=O) groups excluding carboxylic acids is 4. The number of allylic oxidation sites excluding steroid dienone is 4. The maximum atomic E-state index is 13.9. The van der Waals surface area contributed by atoms with Crippen molar-refractivity contribution in [3.63, 3.8) is 0 Å². The summed E-state index contributed by atoms with van der Waals surface area (Å²) in [5.74, 6) is -2.57. The molecule has 0 unspecified atom stereocenters. The van der Waals surface area contributed by atoms with Gasteiger partial charge in [-0.3, -0.25) is 49.0 Å². The minimum atomic E-state index is -0.891. The molecule has 0 bridgehead atoms. The van der Waals surface area contributed by atoms with Gasteiger partial charge in [0.25, 0.3) is 11.8 Å². The molecule has 0 saturated heterocycles. The van der Waals surface area contributed by atoms with Gasteiger partial charge in [-0.1, -0.05) is 18.2 Å². The quantitative estimate of drug-likeness (QED) is 0.0220. The van der Waals surface area contributed by atoms with Gasteiger partial charge >= 0.3 is 5.97 Å². The van der Waals surface area contributed by atoms with E-state index in [1.807, 2.05) is 32.2 Å². The Balaban J connectivity index is 1.38. The van der Waals surface area contributed by atoms with Crippen LogP contribution in [-0.2, 0) is 35.8 Å². The maximum Gasteiger partial charge on any atom is 0.305 e. The number of nitrogens with zero attached hydrogens (tertiary/aromatic N) is 10. The third kappa shape index (κ3) is 13.8. The fraction of sp³-hybridized carbons (Fsp3) is 0.347. The van der Waals surface area contributed by atoms with E-state index in [-0.39, 0.29) is 67.2 Å². The van der Waals surface area contributed by atoms with Gasteiger partial charge in [-0.05, 0) is 90.2 Å².